The van der Waals surface area contributed by atoms with E-state index in [1.54, 1.807) is 6.92 Å². The zero-order valence-corrected chi connectivity index (χ0v) is 13.1. The summed E-state index contributed by atoms with van der Waals surface area (Å²) < 4.78 is 10.4. The Labute approximate surface area is 133 Å². The van der Waals surface area contributed by atoms with Crippen molar-refractivity contribution in [2.24, 2.45) is 0 Å². The Balaban J connectivity index is 1.96. The van der Waals surface area contributed by atoms with Gasteiger partial charge in [-0.15, -0.1) is 0 Å². The normalized spacial score (nSPS) is 15.1. The Morgan fingerprint density at radius 1 is 1.41 bits per heavy atom. The molecule has 0 aliphatic carbocycles. The predicted octanol–water partition coefficient (Wildman–Crippen LogP) is 2.90. The molecule has 1 saturated heterocycles. The van der Waals surface area contributed by atoms with Gasteiger partial charge in [0.2, 0.25) is 0 Å². The van der Waals surface area contributed by atoms with E-state index in [-0.39, 0.29) is 0 Å². The molecule has 0 amide bonds. The predicted molar refractivity (Wildman–Crippen MR) is 85.7 cm³/mol. The highest BCUT2D eigenvalue weighted by Crippen LogP contribution is 2.29. The van der Waals surface area contributed by atoms with Gasteiger partial charge in [0.25, 0.3) is 0 Å². The number of rotatable bonds is 3. The summed E-state index contributed by atoms with van der Waals surface area (Å²) in [4.78, 5) is 18.5. The van der Waals surface area contributed by atoms with Crippen LogP contribution in [-0.4, -0.2) is 43.9 Å². The van der Waals surface area contributed by atoms with Crippen molar-refractivity contribution in [1.82, 2.24) is 4.98 Å². The Hall–Kier alpha value is -1.85. The first-order chi connectivity index (χ1) is 10.7. The van der Waals surface area contributed by atoms with Gasteiger partial charge in [0.05, 0.1) is 35.9 Å². The average molecular weight is 321 g/mol. The van der Waals surface area contributed by atoms with Crippen molar-refractivity contribution >= 4 is 34.2 Å². The van der Waals surface area contributed by atoms with Crippen molar-refractivity contribution in [2.45, 2.75) is 6.92 Å². The van der Waals surface area contributed by atoms with Crippen LogP contribution in [0.2, 0.25) is 5.02 Å². The number of nitrogens with zero attached hydrogens (tertiary/aromatic N) is 2. The van der Waals surface area contributed by atoms with Gasteiger partial charge in [0.15, 0.2) is 0 Å². The van der Waals surface area contributed by atoms with E-state index in [9.17, 15) is 4.79 Å². The second-order valence-corrected chi connectivity index (χ2v) is 5.39. The first-order valence-corrected chi connectivity index (χ1v) is 7.66. The molecule has 0 saturated carbocycles. The third-order valence-electron chi connectivity index (χ3n) is 3.66. The standard InChI is InChI=1S/C16H17ClN2O3/c1-2-22-16(20)13-10-18-14-9-11(3-4-12(14)15(13)17)19-5-7-21-8-6-19/h3-4,9-10H,2,5-8H2,1H3. The van der Waals surface area contributed by atoms with E-state index in [1.165, 1.54) is 6.20 Å². The maximum atomic E-state index is 11.9. The lowest BCUT2D eigenvalue weighted by Gasteiger charge is -2.29. The molecule has 22 heavy (non-hydrogen) atoms. The summed E-state index contributed by atoms with van der Waals surface area (Å²) in [7, 11) is 0. The molecule has 0 atom stereocenters. The molecule has 6 heteroatoms. The van der Waals surface area contributed by atoms with Crippen molar-refractivity contribution in [3.05, 3.63) is 35.0 Å². The highest BCUT2D eigenvalue weighted by Gasteiger charge is 2.17. The summed E-state index contributed by atoms with van der Waals surface area (Å²) in [6.07, 6.45) is 1.48. The number of anilines is 1. The fourth-order valence-electron chi connectivity index (χ4n) is 2.52. The largest absolute Gasteiger partial charge is 0.462 e. The summed E-state index contributed by atoms with van der Waals surface area (Å²) in [6, 6.07) is 5.88. The van der Waals surface area contributed by atoms with Crippen LogP contribution in [0.1, 0.15) is 17.3 Å². The summed E-state index contributed by atoms with van der Waals surface area (Å²) in [5.74, 6) is -0.445. The fraction of sp³-hybridized carbons (Fsp3) is 0.375. The SMILES string of the molecule is CCOC(=O)c1cnc2cc(N3CCOCC3)ccc2c1Cl. The molecular formula is C16H17ClN2O3. The highest BCUT2D eigenvalue weighted by atomic mass is 35.5. The maximum Gasteiger partial charge on any atom is 0.341 e. The lowest BCUT2D eigenvalue weighted by molar-refractivity contribution is 0.0526. The molecule has 5 nitrogen and oxygen atoms in total. The van der Waals surface area contributed by atoms with E-state index in [0.29, 0.717) is 17.2 Å². The van der Waals surface area contributed by atoms with Crippen LogP contribution in [0.25, 0.3) is 10.9 Å². The number of fused-ring (bicyclic) bond motifs is 1. The van der Waals surface area contributed by atoms with Gasteiger partial charge in [-0.2, -0.15) is 0 Å². The third-order valence-corrected chi connectivity index (χ3v) is 4.07. The Morgan fingerprint density at radius 3 is 2.91 bits per heavy atom. The second kappa shape index (κ2) is 6.50. The second-order valence-electron chi connectivity index (χ2n) is 5.01. The fourth-order valence-corrected chi connectivity index (χ4v) is 2.80. The lowest BCUT2D eigenvalue weighted by Crippen LogP contribution is -2.36. The topological polar surface area (TPSA) is 51.7 Å². The molecule has 0 bridgehead atoms. The number of carbonyl (C=O) groups is 1. The number of carbonyl (C=O) groups excluding carboxylic acids is 1. The Morgan fingerprint density at radius 2 is 2.18 bits per heavy atom. The number of hydrogen-bond donors (Lipinski definition) is 0. The van der Waals surface area contributed by atoms with Gasteiger partial charge in [0.1, 0.15) is 0 Å². The van der Waals surface area contributed by atoms with Gasteiger partial charge in [-0.25, -0.2) is 4.79 Å². The summed E-state index contributed by atoms with van der Waals surface area (Å²) in [6.45, 7) is 5.25. The third kappa shape index (κ3) is 2.87. The van der Waals surface area contributed by atoms with E-state index in [1.807, 2.05) is 18.2 Å². The zero-order valence-electron chi connectivity index (χ0n) is 12.3. The molecule has 0 N–H and O–H groups in total. The van der Waals surface area contributed by atoms with E-state index < -0.39 is 5.97 Å². The average Bonchev–Trinajstić information content (AvgIpc) is 2.56. The number of pyridine rings is 1. The summed E-state index contributed by atoms with van der Waals surface area (Å²) >= 11 is 6.34. The highest BCUT2D eigenvalue weighted by molar-refractivity contribution is 6.38. The van der Waals surface area contributed by atoms with Gasteiger partial charge in [-0.3, -0.25) is 4.98 Å². The van der Waals surface area contributed by atoms with Crippen molar-refractivity contribution in [3.63, 3.8) is 0 Å². The van der Waals surface area contributed by atoms with Crippen LogP contribution in [0.4, 0.5) is 5.69 Å². The van der Waals surface area contributed by atoms with Crippen molar-refractivity contribution in [2.75, 3.05) is 37.8 Å². The number of esters is 1. The van der Waals surface area contributed by atoms with Crippen LogP contribution in [0.5, 0.6) is 0 Å². The summed E-state index contributed by atoms with van der Waals surface area (Å²) in [5.41, 5.74) is 2.15. The molecule has 3 rings (SSSR count). The number of aromatic nitrogens is 1. The van der Waals surface area contributed by atoms with Crippen molar-refractivity contribution in [1.29, 1.82) is 0 Å². The van der Waals surface area contributed by atoms with Gasteiger partial charge in [0, 0.05) is 30.4 Å². The monoisotopic (exact) mass is 320 g/mol. The lowest BCUT2D eigenvalue weighted by atomic mass is 10.1. The van der Waals surface area contributed by atoms with Gasteiger partial charge in [-0.05, 0) is 25.1 Å². The van der Waals surface area contributed by atoms with Crippen LogP contribution in [-0.2, 0) is 9.47 Å². The Bertz CT molecular complexity index is 699. The molecule has 1 fully saturated rings. The smallest absolute Gasteiger partial charge is 0.341 e. The minimum Gasteiger partial charge on any atom is -0.462 e. The van der Waals surface area contributed by atoms with E-state index in [2.05, 4.69) is 9.88 Å². The number of halogens is 1. The van der Waals surface area contributed by atoms with Crippen molar-refractivity contribution in [3.8, 4) is 0 Å². The molecule has 1 aromatic carbocycles. The van der Waals surface area contributed by atoms with Gasteiger partial charge < -0.3 is 14.4 Å². The number of hydrogen-bond acceptors (Lipinski definition) is 5. The zero-order chi connectivity index (χ0) is 15.5. The number of morpholine rings is 1. The quantitative estimate of drug-likeness (QED) is 0.814. The first-order valence-electron chi connectivity index (χ1n) is 7.28. The van der Waals surface area contributed by atoms with Crippen LogP contribution in [0.3, 0.4) is 0 Å². The molecule has 1 aliphatic heterocycles. The molecular weight excluding hydrogens is 304 g/mol. The molecule has 0 spiro atoms. The van der Waals surface area contributed by atoms with Gasteiger partial charge in [-0.1, -0.05) is 11.6 Å². The Kier molecular flexibility index (Phi) is 4.45. The van der Waals surface area contributed by atoms with Crippen LogP contribution < -0.4 is 4.90 Å². The first kappa shape index (κ1) is 15.1. The minimum absolute atomic E-state index is 0.301. The van der Waals surface area contributed by atoms with Crippen LogP contribution in [0.15, 0.2) is 24.4 Å². The molecule has 0 radical (unpaired) electrons. The minimum atomic E-state index is -0.445. The molecule has 2 aromatic rings. The van der Waals surface area contributed by atoms with E-state index in [0.717, 1.165) is 42.9 Å². The molecule has 116 valence electrons. The van der Waals surface area contributed by atoms with Gasteiger partial charge >= 0.3 is 5.97 Å². The molecule has 0 unspecified atom stereocenters. The van der Waals surface area contributed by atoms with E-state index >= 15 is 0 Å². The van der Waals surface area contributed by atoms with Crippen molar-refractivity contribution < 1.29 is 14.3 Å². The number of ether oxygens (including phenoxy) is 2. The maximum absolute atomic E-state index is 11.9. The molecule has 1 aliphatic rings. The number of benzene rings is 1. The molecule has 2 heterocycles. The van der Waals surface area contributed by atoms with Crippen LogP contribution >= 0.6 is 11.6 Å². The summed E-state index contributed by atoms with van der Waals surface area (Å²) in [5, 5.41) is 1.14. The van der Waals surface area contributed by atoms with E-state index in [4.69, 9.17) is 21.1 Å². The molecule has 1 aromatic heterocycles. The van der Waals surface area contributed by atoms with Crippen LogP contribution in [0, 0.1) is 0 Å².